The van der Waals surface area contributed by atoms with Gasteiger partial charge < -0.3 is 4.74 Å². The van der Waals surface area contributed by atoms with Crippen LogP contribution in [0, 0.1) is 29.4 Å². The Morgan fingerprint density at radius 3 is 2.38 bits per heavy atom. The van der Waals surface area contributed by atoms with E-state index >= 15 is 0 Å². The smallest absolute Gasteiger partial charge is 0.166 e. The van der Waals surface area contributed by atoms with E-state index in [0.717, 1.165) is 36.8 Å². The highest BCUT2D eigenvalue weighted by molar-refractivity contribution is 5.67. The molecule has 0 bridgehead atoms. The summed E-state index contributed by atoms with van der Waals surface area (Å²) in [6, 6.07) is 3.42. The molecular weight excluding hydrogens is 440 g/mol. The summed E-state index contributed by atoms with van der Waals surface area (Å²) in [7, 11) is 1.39. The second kappa shape index (κ2) is 11.1. The predicted molar refractivity (Wildman–Crippen MR) is 128 cm³/mol. The fraction of sp³-hybridized carbons (Fsp3) is 0.517. The van der Waals surface area contributed by atoms with Gasteiger partial charge in [-0.3, -0.25) is 0 Å². The van der Waals surface area contributed by atoms with E-state index in [4.69, 9.17) is 4.74 Å². The topological polar surface area (TPSA) is 9.23 Å². The van der Waals surface area contributed by atoms with Gasteiger partial charge in [-0.15, -0.1) is 0 Å². The molecule has 0 fully saturated rings. The summed E-state index contributed by atoms with van der Waals surface area (Å²) in [6.07, 6.45) is 13.6. The quantitative estimate of drug-likeness (QED) is 0.360. The van der Waals surface area contributed by atoms with Gasteiger partial charge >= 0.3 is 0 Å². The third-order valence-corrected chi connectivity index (χ3v) is 7.88. The van der Waals surface area contributed by atoms with Crippen LogP contribution in [0.5, 0.6) is 0 Å². The maximum atomic E-state index is 14.8. The molecule has 1 aromatic carbocycles. The third-order valence-electron chi connectivity index (χ3n) is 7.88. The minimum Gasteiger partial charge on any atom is -0.374 e. The van der Waals surface area contributed by atoms with Crippen molar-refractivity contribution >= 4 is 5.57 Å². The Balaban J connectivity index is 1.36. The van der Waals surface area contributed by atoms with Gasteiger partial charge in [0.15, 0.2) is 17.5 Å². The molecule has 0 saturated heterocycles. The zero-order valence-corrected chi connectivity index (χ0v) is 20.1. The Morgan fingerprint density at radius 2 is 1.74 bits per heavy atom. The molecule has 0 aromatic heterocycles. The molecule has 4 unspecified atom stereocenters. The molecular formula is C29H34F4O. The number of allylic oxidation sites excluding steroid dienone is 7. The Hall–Kier alpha value is -2.14. The van der Waals surface area contributed by atoms with Crippen LogP contribution in [0.1, 0.15) is 69.4 Å². The molecule has 184 valence electrons. The van der Waals surface area contributed by atoms with Crippen molar-refractivity contribution in [3.8, 4) is 0 Å². The molecule has 3 aliphatic rings. The number of hydrogen-bond donors (Lipinski definition) is 0. The molecule has 34 heavy (non-hydrogen) atoms. The lowest BCUT2D eigenvalue weighted by molar-refractivity contribution is 0.0776. The van der Waals surface area contributed by atoms with Gasteiger partial charge in [-0.1, -0.05) is 55.4 Å². The second-order valence-corrected chi connectivity index (χ2v) is 9.82. The molecule has 4 atom stereocenters. The van der Waals surface area contributed by atoms with Crippen molar-refractivity contribution in [1.29, 1.82) is 0 Å². The second-order valence-electron chi connectivity index (χ2n) is 9.82. The molecule has 0 N–H and O–H groups in total. The molecule has 0 heterocycles. The zero-order chi connectivity index (χ0) is 24.2. The summed E-state index contributed by atoms with van der Waals surface area (Å²) < 4.78 is 63.3. The summed E-state index contributed by atoms with van der Waals surface area (Å²) >= 11 is 0. The highest BCUT2D eigenvalue weighted by Crippen LogP contribution is 2.41. The number of methoxy groups -OCH3 is 1. The molecule has 4 rings (SSSR count). The number of benzene rings is 1. The standard InChI is InChI=1S/C29H34F4O/c1-3-18-4-9-20(10-5-18)23-15-14-22(26(30)27(23)31)13-8-19-6-11-21(12-7-19)24-16-17-25(34-2)29(33)28(24)32/h6-7,9,11,14-15,18,21,24-25H,3-5,8,10,12-13,16-17H2,1-2H3. The van der Waals surface area contributed by atoms with Crippen molar-refractivity contribution in [2.24, 2.45) is 17.8 Å². The van der Waals surface area contributed by atoms with Gasteiger partial charge in [0.25, 0.3) is 0 Å². The van der Waals surface area contributed by atoms with Crippen molar-refractivity contribution in [3.63, 3.8) is 0 Å². The first-order chi connectivity index (χ1) is 16.4. The van der Waals surface area contributed by atoms with Gasteiger partial charge in [0.2, 0.25) is 0 Å². The van der Waals surface area contributed by atoms with Gasteiger partial charge in [0.1, 0.15) is 11.9 Å². The third kappa shape index (κ3) is 5.25. The average molecular weight is 475 g/mol. The van der Waals surface area contributed by atoms with E-state index in [0.29, 0.717) is 49.1 Å². The number of ether oxygens (including phenoxy) is 1. The normalized spacial score (nSPS) is 27.6. The van der Waals surface area contributed by atoms with E-state index in [1.165, 1.54) is 7.11 Å². The molecule has 0 saturated carbocycles. The van der Waals surface area contributed by atoms with Gasteiger partial charge in [-0.05, 0) is 74.3 Å². The van der Waals surface area contributed by atoms with Crippen LogP contribution in [0.15, 0.2) is 53.7 Å². The van der Waals surface area contributed by atoms with E-state index in [1.54, 1.807) is 12.1 Å². The highest BCUT2D eigenvalue weighted by Gasteiger charge is 2.35. The van der Waals surface area contributed by atoms with Gasteiger partial charge in [-0.25, -0.2) is 17.6 Å². The maximum absolute atomic E-state index is 14.8. The molecule has 3 aliphatic carbocycles. The summed E-state index contributed by atoms with van der Waals surface area (Å²) in [4.78, 5) is 0. The molecule has 1 aromatic rings. The number of rotatable bonds is 7. The lowest BCUT2D eigenvalue weighted by atomic mass is 9.78. The van der Waals surface area contributed by atoms with E-state index < -0.39 is 35.3 Å². The first-order valence-electron chi connectivity index (χ1n) is 12.5. The predicted octanol–water partition coefficient (Wildman–Crippen LogP) is 8.57. The van der Waals surface area contributed by atoms with Crippen LogP contribution < -0.4 is 0 Å². The van der Waals surface area contributed by atoms with E-state index in [9.17, 15) is 17.6 Å². The Morgan fingerprint density at radius 1 is 0.912 bits per heavy atom. The molecule has 1 nitrogen and oxygen atoms in total. The molecule has 5 heteroatoms. The monoisotopic (exact) mass is 474 g/mol. The molecule has 0 amide bonds. The molecule has 0 radical (unpaired) electrons. The summed E-state index contributed by atoms with van der Waals surface area (Å²) in [5.74, 6) is -2.91. The van der Waals surface area contributed by atoms with Crippen molar-refractivity contribution in [1.82, 2.24) is 0 Å². The van der Waals surface area contributed by atoms with Crippen LogP contribution >= 0.6 is 0 Å². The van der Waals surface area contributed by atoms with Crippen molar-refractivity contribution in [3.05, 3.63) is 76.4 Å². The summed E-state index contributed by atoms with van der Waals surface area (Å²) in [5.41, 5.74) is 2.68. The average Bonchev–Trinajstić information content (AvgIpc) is 2.87. The number of aryl methyl sites for hydroxylation is 1. The first-order valence-corrected chi connectivity index (χ1v) is 12.5. The molecule has 0 aliphatic heterocycles. The number of halogens is 4. The lowest BCUT2D eigenvalue weighted by Crippen LogP contribution is -2.26. The number of hydrogen-bond acceptors (Lipinski definition) is 1. The van der Waals surface area contributed by atoms with Gasteiger partial charge in [0, 0.05) is 18.6 Å². The minimum atomic E-state index is -0.781. The van der Waals surface area contributed by atoms with Crippen LogP contribution in [0.25, 0.3) is 5.57 Å². The Labute approximate surface area is 200 Å². The largest absolute Gasteiger partial charge is 0.374 e. The van der Waals surface area contributed by atoms with E-state index in [2.05, 4.69) is 13.0 Å². The first kappa shape index (κ1) is 25.0. The van der Waals surface area contributed by atoms with Gasteiger partial charge in [-0.2, -0.15) is 0 Å². The maximum Gasteiger partial charge on any atom is 0.166 e. The van der Waals surface area contributed by atoms with Gasteiger partial charge in [0.05, 0.1) is 0 Å². The Bertz CT molecular complexity index is 1020. The van der Waals surface area contributed by atoms with Crippen LogP contribution in [0.2, 0.25) is 0 Å². The van der Waals surface area contributed by atoms with Crippen molar-refractivity contribution in [2.45, 2.75) is 70.8 Å². The van der Waals surface area contributed by atoms with E-state index in [-0.39, 0.29) is 5.92 Å². The van der Waals surface area contributed by atoms with Crippen LogP contribution in [-0.4, -0.2) is 13.2 Å². The van der Waals surface area contributed by atoms with Crippen LogP contribution in [0.4, 0.5) is 17.6 Å². The van der Waals surface area contributed by atoms with Crippen LogP contribution in [0.3, 0.4) is 0 Å². The lowest BCUT2D eigenvalue weighted by Gasteiger charge is -2.31. The fourth-order valence-electron chi connectivity index (χ4n) is 5.52. The minimum absolute atomic E-state index is 0.100. The summed E-state index contributed by atoms with van der Waals surface area (Å²) in [6.45, 7) is 2.16. The SMILES string of the molecule is CCC1CC=C(c2ccc(CCC3=CCC(C4CCC(OC)C(F)=C4F)C=C3)c(F)c2F)CC1. The van der Waals surface area contributed by atoms with Crippen molar-refractivity contribution < 1.29 is 22.3 Å². The Kier molecular flexibility index (Phi) is 8.13. The summed E-state index contributed by atoms with van der Waals surface area (Å²) in [5, 5.41) is 0. The zero-order valence-electron chi connectivity index (χ0n) is 20.1. The fourth-order valence-corrected chi connectivity index (χ4v) is 5.52. The highest BCUT2D eigenvalue weighted by atomic mass is 19.2. The van der Waals surface area contributed by atoms with Crippen LogP contribution in [-0.2, 0) is 11.2 Å². The van der Waals surface area contributed by atoms with Crippen molar-refractivity contribution in [2.75, 3.05) is 7.11 Å². The van der Waals surface area contributed by atoms with E-state index in [1.807, 2.05) is 18.2 Å². The molecule has 0 spiro atoms.